The van der Waals surface area contributed by atoms with Crippen LogP contribution in [0.15, 0.2) is 23.1 Å². The number of halogens is 1. The van der Waals surface area contributed by atoms with Gasteiger partial charge in [-0.1, -0.05) is 12.5 Å². The van der Waals surface area contributed by atoms with Crippen molar-refractivity contribution >= 4 is 15.7 Å². The van der Waals surface area contributed by atoms with Crippen molar-refractivity contribution in [3.8, 4) is 0 Å². The summed E-state index contributed by atoms with van der Waals surface area (Å²) in [6.07, 6.45) is 2.74. The molecule has 1 aliphatic rings. The van der Waals surface area contributed by atoms with Crippen molar-refractivity contribution in [3.05, 3.63) is 24.0 Å². The quantitative estimate of drug-likeness (QED) is 0.837. The van der Waals surface area contributed by atoms with Crippen LogP contribution < -0.4 is 5.73 Å². The molecule has 0 radical (unpaired) electrons. The summed E-state index contributed by atoms with van der Waals surface area (Å²) >= 11 is 0. The number of sulfonamides is 1. The molecule has 0 saturated heterocycles. The summed E-state index contributed by atoms with van der Waals surface area (Å²) in [5, 5.41) is 0. The molecule has 0 aromatic heterocycles. The topological polar surface area (TPSA) is 63.4 Å². The van der Waals surface area contributed by atoms with E-state index in [1.807, 2.05) is 0 Å². The van der Waals surface area contributed by atoms with Gasteiger partial charge in [-0.15, -0.1) is 0 Å². The van der Waals surface area contributed by atoms with Crippen LogP contribution in [0.25, 0.3) is 0 Å². The van der Waals surface area contributed by atoms with Crippen LogP contribution in [0.4, 0.5) is 10.1 Å². The van der Waals surface area contributed by atoms with Gasteiger partial charge in [-0.3, -0.25) is 0 Å². The second-order valence-electron chi connectivity index (χ2n) is 4.26. The Balaban J connectivity index is 2.40. The standard InChI is InChI=1S/C11H15FN2O2S/c1-14(8-4-2-5-8)17(15,16)10-7-3-6-9(12)11(10)13/h3,6-8H,2,4-5,13H2,1H3. The molecular weight excluding hydrogens is 243 g/mol. The lowest BCUT2D eigenvalue weighted by molar-refractivity contribution is 0.249. The number of benzene rings is 1. The Morgan fingerprint density at radius 2 is 2.06 bits per heavy atom. The maximum Gasteiger partial charge on any atom is 0.245 e. The number of rotatable bonds is 3. The number of nitrogen functional groups attached to an aromatic ring is 1. The minimum absolute atomic E-state index is 0.0164. The average Bonchev–Trinajstić information content (AvgIpc) is 2.19. The van der Waals surface area contributed by atoms with Crippen molar-refractivity contribution in [2.24, 2.45) is 0 Å². The normalized spacial score (nSPS) is 17.1. The van der Waals surface area contributed by atoms with Crippen LogP contribution in [0.2, 0.25) is 0 Å². The van der Waals surface area contributed by atoms with Gasteiger partial charge in [0.1, 0.15) is 10.7 Å². The van der Waals surface area contributed by atoms with Crippen molar-refractivity contribution in [2.75, 3.05) is 12.8 Å². The molecule has 0 spiro atoms. The smallest absolute Gasteiger partial charge is 0.245 e. The van der Waals surface area contributed by atoms with Gasteiger partial charge in [0.15, 0.2) is 0 Å². The zero-order chi connectivity index (χ0) is 12.6. The Morgan fingerprint density at radius 1 is 1.41 bits per heavy atom. The fourth-order valence-electron chi connectivity index (χ4n) is 1.84. The molecule has 1 aliphatic carbocycles. The number of hydrogen-bond donors (Lipinski definition) is 1. The molecular formula is C11H15FN2O2S. The van der Waals surface area contributed by atoms with Gasteiger partial charge in [0.25, 0.3) is 0 Å². The molecule has 0 aliphatic heterocycles. The molecule has 94 valence electrons. The summed E-state index contributed by atoms with van der Waals surface area (Å²) in [6, 6.07) is 3.86. The van der Waals surface area contributed by atoms with Gasteiger partial charge in [0.05, 0.1) is 5.69 Å². The zero-order valence-electron chi connectivity index (χ0n) is 9.56. The highest BCUT2D eigenvalue weighted by molar-refractivity contribution is 7.89. The Hall–Kier alpha value is -1.14. The number of nitrogens with two attached hydrogens (primary N) is 1. The highest BCUT2D eigenvalue weighted by Gasteiger charge is 2.33. The average molecular weight is 258 g/mol. The van der Waals surface area contributed by atoms with E-state index in [2.05, 4.69) is 0 Å². The molecule has 0 bridgehead atoms. The minimum atomic E-state index is -3.68. The molecule has 6 heteroatoms. The van der Waals surface area contributed by atoms with Crippen LogP contribution in [-0.4, -0.2) is 25.8 Å². The van der Waals surface area contributed by atoms with Crippen LogP contribution in [0.1, 0.15) is 19.3 Å². The molecule has 1 saturated carbocycles. The maximum absolute atomic E-state index is 13.3. The molecule has 2 rings (SSSR count). The molecule has 0 atom stereocenters. The van der Waals surface area contributed by atoms with Crippen molar-refractivity contribution in [1.29, 1.82) is 0 Å². The lowest BCUT2D eigenvalue weighted by Gasteiger charge is -2.33. The van der Waals surface area contributed by atoms with Crippen molar-refractivity contribution in [3.63, 3.8) is 0 Å². The molecule has 17 heavy (non-hydrogen) atoms. The summed E-state index contributed by atoms with van der Waals surface area (Å²) in [6.45, 7) is 0. The van der Waals surface area contributed by atoms with Gasteiger partial charge in [-0.25, -0.2) is 12.8 Å². The van der Waals surface area contributed by atoms with E-state index in [-0.39, 0.29) is 16.6 Å². The van der Waals surface area contributed by atoms with Gasteiger partial charge in [0.2, 0.25) is 10.0 Å². The first-order chi connectivity index (χ1) is 7.94. The maximum atomic E-state index is 13.3. The summed E-state index contributed by atoms with van der Waals surface area (Å²) in [7, 11) is -2.17. The molecule has 2 N–H and O–H groups in total. The molecule has 0 heterocycles. The lowest BCUT2D eigenvalue weighted by Crippen LogP contribution is -2.41. The molecule has 0 amide bonds. The molecule has 1 fully saturated rings. The molecule has 1 aromatic carbocycles. The third kappa shape index (κ3) is 2.02. The summed E-state index contributed by atoms with van der Waals surface area (Å²) in [4.78, 5) is -0.146. The highest BCUT2D eigenvalue weighted by Crippen LogP contribution is 2.31. The molecule has 4 nitrogen and oxygen atoms in total. The SMILES string of the molecule is CN(C1CCC1)S(=O)(=O)c1cccc(F)c1N. The van der Waals surface area contributed by atoms with E-state index in [9.17, 15) is 12.8 Å². The van der Waals surface area contributed by atoms with Crippen LogP contribution in [0.3, 0.4) is 0 Å². The predicted octanol–water partition coefficient (Wildman–Crippen LogP) is 1.58. The molecule has 0 unspecified atom stereocenters. The van der Waals surface area contributed by atoms with E-state index < -0.39 is 15.8 Å². The monoisotopic (exact) mass is 258 g/mol. The zero-order valence-corrected chi connectivity index (χ0v) is 10.4. The first kappa shape index (κ1) is 12.3. The van der Waals surface area contributed by atoms with Gasteiger partial charge in [0, 0.05) is 13.1 Å². The van der Waals surface area contributed by atoms with E-state index in [1.165, 1.54) is 23.5 Å². The van der Waals surface area contributed by atoms with E-state index in [0.29, 0.717) is 0 Å². The van der Waals surface area contributed by atoms with Crippen molar-refractivity contribution in [1.82, 2.24) is 4.31 Å². The first-order valence-corrected chi connectivity index (χ1v) is 6.90. The predicted molar refractivity (Wildman–Crippen MR) is 63.4 cm³/mol. The lowest BCUT2D eigenvalue weighted by atomic mass is 9.94. The Bertz CT molecular complexity index is 526. The fraction of sp³-hybridized carbons (Fsp3) is 0.455. The largest absolute Gasteiger partial charge is 0.395 e. The van der Waals surface area contributed by atoms with Gasteiger partial charge < -0.3 is 5.73 Å². The number of para-hydroxylation sites is 1. The van der Waals surface area contributed by atoms with Crippen LogP contribution in [-0.2, 0) is 10.0 Å². The van der Waals surface area contributed by atoms with Gasteiger partial charge >= 0.3 is 0 Å². The Labute approximate surface area is 100 Å². The highest BCUT2D eigenvalue weighted by atomic mass is 32.2. The Kier molecular flexibility index (Phi) is 3.09. The fourth-order valence-corrected chi connectivity index (χ4v) is 3.38. The number of hydrogen-bond acceptors (Lipinski definition) is 3. The van der Waals surface area contributed by atoms with E-state index in [1.54, 1.807) is 0 Å². The van der Waals surface area contributed by atoms with Crippen LogP contribution >= 0.6 is 0 Å². The Morgan fingerprint density at radius 3 is 2.59 bits per heavy atom. The van der Waals surface area contributed by atoms with Crippen LogP contribution in [0, 0.1) is 5.82 Å². The summed E-state index contributed by atoms with van der Waals surface area (Å²) in [5.41, 5.74) is 5.18. The van der Waals surface area contributed by atoms with Crippen LogP contribution in [0.5, 0.6) is 0 Å². The number of nitrogens with zero attached hydrogens (tertiary/aromatic N) is 1. The third-order valence-corrected chi connectivity index (χ3v) is 5.23. The van der Waals surface area contributed by atoms with Crippen molar-refractivity contribution < 1.29 is 12.8 Å². The number of anilines is 1. The third-order valence-electron chi connectivity index (χ3n) is 3.26. The van der Waals surface area contributed by atoms with Gasteiger partial charge in [-0.2, -0.15) is 4.31 Å². The summed E-state index contributed by atoms with van der Waals surface area (Å²) in [5.74, 6) is -0.701. The first-order valence-electron chi connectivity index (χ1n) is 5.46. The summed E-state index contributed by atoms with van der Waals surface area (Å²) < 4.78 is 39.0. The van der Waals surface area contributed by atoms with E-state index >= 15 is 0 Å². The van der Waals surface area contributed by atoms with Crippen molar-refractivity contribution in [2.45, 2.75) is 30.2 Å². The second-order valence-corrected chi connectivity index (χ2v) is 6.22. The van der Waals surface area contributed by atoms with Gasteiger partial charge in [-0.05, 0) is 25.0 Å². The second kappa shape index (κ2) is 4.27. The molecule has 1 aromatic rings. The van der Waals surface area contributed by atoms with E-state index in [0.717, 1.165) is 25.3 Å². The van der Waals surface area contributed by atoms with E-state index in [4.69, 9.17) is 5.73 Å². The minimum Gasteiger partial charge on any atom is -0.395 e.